The number of methoxy groups -OCH3 is 1. The van der Waals surface area contributed by atoms with Crippen LogP contribution in [0.25, 0.3) is 0 Å². The van der Waals surface area contributed by atoms with E-state index in [9.17, 15) is 4.79 Å². The van der Waals surface area contributed by atoms with E-state index in [0.717, 1.165) is 19.5 Å². The van der Waals surface area contributed by atoms with Crippen LogP contribution in [0.2, 0.25) is 0 Å². The van der Waals surface area contributed by atoms with Crippen LogP contribution < -0.4 is 5.32 Å². The molecule has 1 heterocycles. The van der Waals surface area contributed by atoms with E-state index in [1.54, 1.807) is 7.11 Å². The number of ether oxygens (including phenoxy) is 1. The molecule has 0 aromatic carbocycles. The molecule has 92 valence electrons. The third kappa shape index (κ3) is 2.95. The lowest BCUT2D eigenvalue weighted by molar-refractivity contribution is -0.129. The molecule has 2 rings (SSSR count). The van der Waals surface area contributed by atoms with Gasteiger partial charge in [-0.25, -0.2) is 0 Å². The molecular weight excluding hydrogens is 204 g/mol. The number of nitrogens with zero attached hydrogens (tertiary/aromatic N) is 1. The molecule has 4 nitrogen and oxygen atoms in total. The van der Waals surface area contributed by atoms with Crippen molar-refractivity contribution in [3.63, 3.8) is 0 Å². The first-order chi connectivity index (χ1) is 7.79. The number of carbonyl (C=O) groups is 1. The molecule has 0 aromatic heterocycles. The summed E-state index contributed by atoms with van der Waals surface area (Å²) in [6.07, 6.45) is 6.30. The SMILES string of the molecule is COC1CCN(C(=O)CNC2CCCC2)C1. The predicted molar refractivity (Wildman–Crippen MR) is 62.3 cm³/mol. The second-order valence-electron chi connectivity index (χ2n) is 4.85. The van der Waals surface area contributed by atoms with Crippen molar-refractivity contribution < 1.29 is 9.53 Å². The molecule has 0 aromatic rings. The van der Waals surface area contributed by atoms with Crippen molar-refractivity contribution in [3.8, 4) is 0 Å². The number of hydrogen-bond acceptors (Lipinski definition) is 3. The highest BCUT2D eigenvalue weighted by Crippen LogP contribution is 2.17. The van der Waals surface area contributed by atoms with Crippen molar-refractivity contribution >= 4 is 5.91 Å². The van der Waals surface area contributed by atoms with Crippen molar-refractivity contribution in [2.24, 2.45) is 0 Å². The molecule has 1 atom stereocenters. The maximum Gasteiger partial charge on any atom is 0.236 e. The van der Waals surface area contributed by atoms with E-state index in [0.29, 0.717) is 12.6 Å². The van der Waals surface area contributed by atoms with Gasteiger partial charge in [-0.1, -0.05) is 12.8 Å². The van der Waals surface area contributed by atoms with E-state index in [1.165, 1.54) is 25.7 Å². The summed E-state index contributed by atoms with van der Waals surface area (Å²) in [7, 11) is 1.72. The molecule has 1 unspecified atom stereocenters. The third-order valence-corrected chi connectivity index (χ3v) is 3.73. The van der Waals surface area contributed by atoms with E-state index in [4.69, 9.17) is 4.74 Å². The average Bonchev–Trinajstić information content (AvgIpc) is 2.96. The Balaban J connectivity index is 1.67. The number of amides is 1. The maximum absolute atomic E-state index is 11.9. The minimum Gasteiger partial charge on any atom is -0.380 e. The van der Waals surface area contributed by atoms with Crippen LogP contribution in [-0.2, 0) is 9.53 Å². The molecule has 0 radical (unpaired) electrons. The zero-order valence-corrected chi connectivity index (χ0v) is 10.1. The minimum atomic E-state index is 0.228. The minimum absolute atomic E-state index is 0.228. The van der Waals surface area contributed by atoms with Crippen LogP contribution in [0, 0.1) is 0 Å². The monoisotopic (exact) mass is 226 g/mol. The van der Waals surface area contributed by atoms with Crippen molar-refractivity contribution in [3.05, 3.63) is 0 Å². The Morgan fingerprint density at radius 2 is 2.12 bits per heavy atom. The molecule has 0 bridgehead atoms. The van der Waals surface area contributed by atoms with Gasteiger partial charge in [-0.05, 0) is 19.3 Å². The maximum atomic E-state index is 11.9. The summed E-state index contributed by atoms with van der Waals surface area (Å²) in [6, 6.07) is 0.574. The van der Waals surface area contributed by atoms with Crippen LogP contribution in [0.4, 0.5) is 0 Å². The largest absolute Gasteiger partial charge is 0.380 e. The molecule has 1 saturated carbocycles. The van der Waals surface area contributed by atoms with Crippen molar-refractivity contribution in [1.82, 2.24) is 10.2 Å². The fourth-order valence-electron chi connectivity index (χ4n) is 2.62. The Hall–Kier alpha value is -0.610. The van der Waals surface area contributed by atoms with Gasteiger partial charge in [0.1, 0.15) is 0 Å². The van der Waals surface area contributed by atoms with Gasteiger partial charge in [0.2, 0.25) is 5.91 Å². The smallest absolute Gasteiger partial charge is 0.236 e. The summed E-state index contributed by atoms with van der Waals surface area (Å²) >= 11 is 0. The first-order valence-electron chi connectivity index (χ1n) is 6.33. The average molecular weight is 226 g/mol. The van der Waals surface area contributed by atoms with E-state index < -0.39 is 0 Å². The van der Waals surface area contributed by atoms with Crippen LogP contribution in [-0.4, -0.2) is 49.7 Å². The van der Waals surface area contributed by atoms with Crippen LogP contribution in [0.15, 0.2) is 0 Å². The lowest BCUT2D eigenvalue weighted by Gasteiger charge is -2.18. The number of likely N-dealkylation sites (tertiary alicyclic amines) is 1. The van der Waals surface area contributed by atoms with Gasteiger partial charge >= 0.3 is 0 Å². The summed E-state index contributed by atoms with van der Waals surface area (Å²) in [6.45, 7) is 2.12. The molecule has 1 saturated heterocycles. The highest BCUT2D eigenvalue weighted by Gasteiger charge is 2.26. The van der Waals surface area contributed by atoms with E-state index in [2.05, 4.69) is 5.32 Å². The molecule has 1 N–H and O–H groups in total. The molecule has 16 heavy (non-hydrogen) atoms. The van der Waals surface area contributed by atoms with Crippen molar-refractivity contribution in [1.29, 1.82) is 0 Å². The second kappa shape index (κ2) is 5.64. The van der Waals surface area contributed by atoms with E-state index in [1.807, 2.05) is 4.90 Å². The van der Waals surface area contributed by atoms with Gasteiger partial charge in [0.15, 0.2) is 0 Å². The number of nitrogens with one attached hydrogen (secondary N) is 1. The van der Waals surface area contributed by atoms with Gasteiger partial charge in [-0.3, -0.25) is 4.79 Å². The van der Waals surface area contributed by atoms with Crippen LogP contribution in [0.5, 0.6) is 0 Å². The van der Waals surface area contributed by atoms with Crippen LogP contribution >= 0.6 is 0 Å². The zero-order valence-electron chi connectivity index (χ0n) is 10.1. The fraction of sp³-hybridized carbons (Fsp3) is 0.917. The highest BCUT2D eigenvalue weighted by atomic mass is 16.5. The normalized spacial score (nSPS) is 26.6. The third-order valence-electron chi connectivity index (χ3n) is 3.73. The summed E-state index contributed by atoms with van der Waals surface area (Å²) < 4.78 is 5.26. The molecule has 1 aliphatic carbocycles. The van der Waals surface area contributed by atoms with Gasteiger partial charge in [0.05, 0.1) is 12.6 Å². The number of carbonyl (C=O) groups excluding carboxylic acids is 1. The van der Waals surface area contributed by atoms with E-state index in [-0.39, 0.29) is 12.0 Å². The Bertz CT molecular complexity index is 239. The lowest BCUT2D eigenvalue weighted by Crippen LogP contribution is -2.40. The van der Waals surface area contributed by atoms with Crippen LogP contribution in [0.3, 0.4) is 0 Å². The summed E-state index contributed by atoms with van der Waals surface area (Å²) in [4.78, 5) is 13.8. The van der Waals surface area contributed by atoms with Crippen LogP contribution in [0.1, 0.15) is 32.1 Å². The van der Waals surface area contributed by atoms with Crippen molar-refractivity contribution in [2.45, 2.75) is 44.2 Å². The fourth-order valence-corrected chi connectivity index (χ4v) is 2.62. The Morgan fingerprint density at radius 1 is 1.38 bits per heavy atom. The number of rotatable bonds is 4. The standard InChI is InChI=1S/C12H22N2O2/c1-16-11-6-7-14(9-11)12(15)8-13-10-4-2-3-5-10/h10-11,13H,2-9H2,1H3. The zero-order chi connectivity index (χ0) is 11.4. The molecule has 4 heteroatoms. The summed E-state index contributed by atoms with van der Waals surface area (Å²) in [5.74, 6) is 0.228. The number of hydrogen-bond donors (Lipinski definition) is 1. The second-order valence-corrected chi connectivity index (χ2v) is 4.85. The van der Waals surface area contributed by atoms with E-state index >= 15 is 0 Å². The summed E-state index contributed by atoms with van der Waals surface area (Å²) in [5, 5.41) is 3.36. The van der Waals surface area contributed by atoms with Gasteiger partial charge in [0.25, 0.3) is 0 Å². The molecule has 2 aliphatic rings. The van der Waals surface area contributed by atoms with Gasteiger partial charge < -0.3 is 15.0 Å². The van der Waals surface area contributed by atoms with Gasteiger partial charge in [0, 0.05) is 26.2 Å². The van der Waals surface area contributed by atoms with Crippen molar-refractivity contribution in [2.75, 3.05) is 26.7 Å². The molecule has 0 spiro atoms. The Labute approximate surface area is 97.3 Å². The molecular formula is C12H22N2O2. The summed E-state index contributed by atoms with van der Waals surface area (Å²) in [5.41, 5.74) is 0. The topological polar surface area (TPSA) is 41.6 Å². The highest BCUT2D eigenvalue weighted by molar-refractivity contribution is 5.78. The lowest BCUT2D eigenvalue weighted by atomic mass is 10.2. The first-order valence-corrected chi connectivity index (χ1v) is 6.33. The molecule has 1 aliphatic heterocycles. The molecule has 2 fully saturated rings. The Kier molecular flexibility index (Phi) is 4.18. The first kappa shape index (κ1) is 11.9. The Morgan fingerprint density at radius 3 is 2.75 bits per heavy atom. The quantitative estimate of drug-likeness (QED) is 0.769. The molecule has 1 amide bonds. The van der Waals surface area contributed by atoms with Gasteiger partial charge in [-0.15, -0.1) is 0 Å². The predicted octanol–water partition coefficient (Wildman–Crippen LogP) is 0.766. The van der Waals surface area contributed by atoms with Gasteiger partial charge in [-0.2, -0.15) is 0 Å².